The van der Waals surface area contributed by atoms with Gasteiger partial charge in [0.1, 0.15) is 0 Å². The number of nitrogens with one attached hydrogen (secondary N) is 2. The van der Waals surface area contributed by atoms with Crippen LogP contribution in [0.2, 0.25) is 0 Å². The molecule has 0 spiro atoms. The van der Waals surface area contributed by atoms with Gasteiger partial charge in [-0.2, -0.15) is 0 Å². The van der Waals surface area contributed by atoms with Crippen LogP contribution in [0.25, 0.3) is 16.2 Å². The molecule has 0 aliphatic carbocycles. The predicted octanol–water partition coefficient (Wildman–Crippen LogP) is 3.48. The molecule has 0 unspecified atom stereocenters. The Morgan fingerprint density at radius 3 is 2.85 bits per heavy atom. The van der Waals surface area contributed by atoms with E-state index in [0.717, 1.165) is 34.2 Å². The molecule has 0 saturated heterocycles. The van der Waals surface area contributed by atoms with Gasteiger partial charge < -0.3 is 15.2 Å². The van der Waals surface area contributed by atoms with E-state index in [1.54, 1.807) is 24.9 Å². The third-order valence-electron chi connectivity index (χ3n) is 5.07. The fourth-order valence-electron chi connectivity index (χ4n) is 3.47. The molecule has 5 aromatic rings. The second-order valence-electron chi connectivity index (χ2n) is 7.35. The van der Waals surface area contributed by atoms with Crippen molar-refractivity contribution in [3.05, 3.63) is 85.1 Å². The van der Waals surface area contributed by atoms with Gasteiger partial charge in [0.15, 0.2) is 16.6 Å². The first-order chi connectivity index (χ1) is 16.3. The zero-order chi connectivity index (χ0) is 22.5. The Morgan fingerprint density at radius 2 is 2.00 bits per heavy atom. The molecule has 0 atom stereocenters. The number of nitrogens with zero attached hydrogens (tertiary/aromatic N) is 6. The van der Waals surface area contributed by atoms with Gasteiger partial charge in [-0.1, -0.05) is 23.5 Å². The van der Waals surface area contributed by atoms with Crippen molar-refractivity contribution in [3.8, 4) is 10.7 Å². The van der Waals surface area contributed by atoms with E-state index in [0.29, 0.717) is 24.6 Å². The standard InChI is InChI=1S/C23H22N8OS/c32-22(26-9-5-11-30-13-10-24-16-30)20-18-7-2-4-12-31(18)21(29-20)19-15-28-23(33-19)27-14-17-6-1-3-8-25-17/h1-4,6-8,10,12-13,15-16H,5,9,11,14H2,(H,26,32)(H,27,28). The summed E-state index contributed by atoms with van der Waals surface area (Å²) in [5, 5.41) is 7.05. The van der Waals surface area contributed by atoms with E-state index in [1.807, 2.05) is 57.8 Å². The smallest absolute Gasteiger partial charge is 0.272 e. The molecule has 0 radical (unpaired) electrons. The Hall–Kier alpha value is -4.05. The van der Waals surface area contributed by atoms with Crippen LogP contribution in [0.15, 0.2) is 73.7 Å². The first kappa shape index (κ1) is 20.8. The normalized spacial score (nSPS) is 11.0. The monoisotopic (exact) mass is 458 g/mol. The second-order valence-corrected chi connectivity index (χ2v) is 8.38. The van der Waals surface area contributed by atoms with Gasteiger partial charge in [-0.15, -0.1) is 0 Å². The fraction of sp³-hybridized carbons (Fsp3) is 0.174. The number of anilines is 1. The number of fused-ring (bicyclic) bond motifs is 1. The molecule has 5 heterocycles. The largest absolute Gasteiger partial charge is 0.356 e. The topological polar surface area (TPSA) is 102 Å². The number of aryl methyl sites for hydroxylation is 1. The number of thiazole rings is 1. The van der Waals surface area contributed by atoms with Crippen LogP contribution in [0.4, 0.5) is 5.13 Å². The first-order valence-electron chi connectivity index (χ1n) is 10.6. The van der Waals surface area contributed by atoms with Crippen molar-refractivity contribution in [2.75, 3.05) is 11.9 Å². The van der Waals surface area contributed by atoms with Gasteiger partial charge in [-0.25, -0.2) is 15.0 Å². The van der Waals surface area contributed by atoms with E-state index in [4.69, 9.17) is 0 Å². The molecule has 9 nitrogen and oxygen atoms in total. The summed E-state index contributed by atoms with van der Waals surface area (Å²) in [6, 6.07) is 11.5. The van der Waals surface area contributed by atoms with Crippen LogP contribution in [0, 0.1) is 0 Å². The van der Waals surface area contributed by atoms with Crippen LogP contribution in [0.1, 0.15) is 22.6 Å². The van der Waals surface area contributed by atoms with Crippen molar-refractivity contribution in [1.82, 2.24) is 34.2 Å². The lowest BCUT2D eigenvalue weighted by atomic mass is 10.3. The predicted molar refractivity (Wildman–Crippen MR) is 127 cm³/mol. The van der Waals surface area contributed by atoms with Crippen molar-refractivity contribution in [3.63, 3.8) is 0 Å². The fourth-order valence-corrected chi connectivity index (χ4v) is 4.27. The molecule has 0 aliphatic heterocycles. The minimum atomic E-state index is -0.186. The molecule has 0 aliphatic rings. The number of aromatic nitrogens is 6. The van der Waals surface area contributed by atoms with E-state index in [2.05, 4.69) is 30.6 Å². The third kappa shape index (κ3) is 4.75. The number of imidazole rings is 2. The Labute approximate surface area is 194 Å². The quantitative estimate of drug-likeness (QED) is 0.328. The summed E-state index contributed by atoms with van der Waals surface area (Å²) in [5.74, 6) is 0.506. The van der Waals surface area contributed by atoms with Crippen molar-refractivity contribution in [2.24, 2.45) is 0 Å². The number of carbonyl (C=O) groups is 1. The average Bonchev–Trinajstić information content (AvgIpc) is 3.61. The van der Waals surface area contributed by atoms with Crippen LogP contribution in [-0.2, 0) is 13.1 Å². The summed E-state index contributed by atoms with van der Waals surface area (Å²) < 4.78 is 3.91. The lowest BCUT2D eigenvalue weighted by Gasteiger charge is -2.04. The van der Waals surface area contributed by atoms with E-state index in [-0.39, 0.29) is 5.91 Å². The van der Waals surface area contributed by atoms with Gasteiger partial charge in [0.05, 0.1) is 35.2 Å². The molecular formula is C23H22N8OS. The summed E-state index contributed by atoms with van der Waals surface area (Å²) in [5.41, 5.74) is 2.10. The average molecular weight is 459 g/mol. The SMILES string of the molecule is O=C(NCCCn1ccnc1)c1nc(-c2cnc(NCc3ccccn3)s2)n2ccccc12. The summed E-state index contributed by atoms with van der Waals surface area (Å²) in [4.78, 5) is 31.3. The molecule has 5 aromatic heterocycles. The summed E-state index contributed by atoms with van der Waals surface area (Å²) in [6.45, 7) is 1.94. The molecule has 0 saturated carbocycles. The highest BCUT2D eigenvalue weighted by Gasteiger charge is 2.19. The van der Waals surface area contributed by atoms with Crippen LogP contribution < -0.4 is 10.6 Å². The van der Waals surface area contributed by atoms with Crippen molar-refractivity contribution < 1.29 is 4.79 Å². The van der Waals surface area contributed by atoms with Gasteiger partial charge in [-0.3, -0.25) is 14.2 Å². The van der Waals surface area contributed by atoms with Crippen LogP contribution in [-0.4, -0.2) is 41.4 Å². The number of hydrogen-bond acceptors (Lipinski definition) is 7. The lowest BCUT2D eigenvalue weighted by Crippen LogP contribution is -2.25. The number of pyridine rings is 2. The van der Waals surface area contributed by atoms with Crippen LogP contribution in [0.5, 0.6) is 0 Å². The summed E-state index contributed by atoms with van der Waals surface area (Å²) in [7, 11) is 0. The maximum absolute atomic E-state index is 12.9. The van der Waals surface area contributed by atoms with Crippen molar-refractivity contribution >= 4 is 27.9 Å². The Balaban J connectivity index is 1.30. The van der Waals surface area contributed by atoms with Gasteiger partial charge in [0.25, 0.3) is 5.91 Å². The minimum absolute atomic E-state index is 0.186. The van der Waals surface area contributed by atoms with Gasteiger partial charge in [0.2, 0.25) is 0 Å². The molecule has 1 amide bonds. The summed E-state index contributed by atoms with van der Waals surface area (Å²) in [6.07, 6.45) is 11.7. The molecule has 33 heavy (non-hydrogen) atoms. The highest BCUT2D eigenvalue weighted by atomic mass is 32.1. The summed E-state index contributed by atoms with van der Waals surface area (Å²) >= 11 is 1.49. The Bertz CT molecular complexity index is 1340. The molecule has 5 rings (SSSR count). The minimum Gasteiger partial charge on any atom is -0.356 e. The maximum atomic E-state index is 12.9. The third-order valence-corrected chi connectivity index (χ3v) is 6.03. The number of carbonyl (C=O) groups excluding carboxylic acids is 1. The molecule has 0 fully saturated rings. The van der Waals surface area contributed by atoms with E-state index in [1.165, 1.54) is 11.3 Å². The number of hydrogen-bond donors (Lipinski definition) is 2. The molecule has 2 N–H and O–H groups in total. The van der Waals surface area contributed by atoms with Gasteiger partial charge in [-0.05, 0) is 30.7 Å². The van der Waals surface area contributed by atoms with Gasteiger partial charge in [0, 0.05) is 37.9 Å². The second kappa shape index (κ2) is 9.61. The zero-order valence-corrected chi connectivity index (χ0v) is 18.6. The molecule has 0 bridgehead atoms. The zero-order valence-electron chi connectivity index (χ0n) is 17.8. The highest BCUT2D eigenvalue weighted by Crippen LogP contribution is 2.30. The van der Waals surface area contributed by atoms with E-state index < -0.39 is 0 Å². The highest BCUT2D eigenvalue weighted by molar-refractivity contribution is 7.18. The molecular weight excluding hydrogens is 436 g/mol. The van der Waals surface area contributed by atoms with Crippen LogP contribution >= 0.6 is 11.3 Å². The Morgan fingerprint density at radius 1 is 1.06 bits per heavy atom. The lowest BCUT2D eigenvalue weighted by molar-refractivity contribution is 0.0950. The number of amides is 1. The Kier molecular flexibility index (Phi) is 6.07. The maximum Gasteiger partial charge on any atom is 0.272 e. The van der Waals surface area contributed by atoms with E-state index >= 15 is 0 Å². The number of rotatable bonds is 9. The molecule has 10 heteroatoms. The first-order valence-corrected chi connectivity index (χ1v) is 11.4. The van der Waals surface area contributed by atoms with Crippen LogP contribution in [0.3, 0.4) is 0 Å². The van der Waals surface area contributed by atoms with Crippen molar-refractivity contribution in [2.45, 2.75) is 19.5 Å². The molecule has 166 valence electrons. The van der Waals surface area contributed by atoms with Crippen molar-refractivity contribution in [1.29, 1.82) is 0 Å². The van der Waals surface area contributed by atoms with Gasteiger partial charge >= 0.3 is 0 Å². The van der Waals surface area contributed by atoms with E-state index in [9.17, 15) is 4.79 Å². The molecule has 0 aromatic carbocycles.